The van der Waals surface area contributed by atoms with Crippen molar-refractivity contribution in [3.05, 3.63) is 0 Å². The second-order valence-electron chi connectivity index (χ2n) is 6.95. The molecule has 21 heavy (non-hydrogen) atoms. The Morgan fingerprint density at radius 1 is 1.19 bits per heavy atom. The van der Waals surface area contributed by atoms with Gasteiger partial charge in [-0.25, -0.2) is 0 Å². The lowest BCUT2D eigenvalue weighted by Crippen LogP contribution is -2.41. The minimum absolute atomic E-state index is 0.524. The van der Waals surface area contributed by atoms with Crippen molar-refractivity contribution in [1.29, 1.82) is 0 Å². The quantitative estimate of drug-likeness (QED) is 0.625. The van der Waals surface area contributed by atoms with Crippen molar-refractivity contribution in [1.82, 2.24) is 10.2 Å². The van der Waals surface area contributed by atoms with Gasteiger partial charge >= 0.3 is 0 Å². The molecule has 2 bridgehead atoms. The molecule has 4 aliphatic heterocycles. The van der Waals surface area contributed by atoms with E-state index in [1.54, 1.807) is 0 Å². The molecule has 0 aromatic heterocycles. The number of guanidine groups is 1. The number of rotatable bonds is 3. The van der Waals surface area contributed by atoms with Gasteiger partial charge in [-0.2, -0.15) is 0 Å². The van der Waals surface area contributed by atoms with Crippen LogP contribution in [0.15, 0.2) is 4.99 Å². The second-order valence-corrected chi connectivity index (χ2v) is 6.95. The van der Waals surface area contributed by atoms with Crippen molar-refractivity contribution in [3.63, 3.8) is 0 Å². The van der Waals surface area contributed by atoms with Gasteiger partial charge in [0, 0.05) is 50.5 Å². The smallest absolute Gasteiger partial charge is 0.193 e. The Bertz CT molecular complexity index is 390. The monoisotopic (exact) mass is 293 g/mol. The third-order valence-corrected chi connectivity index (χ3v) is 5.61. The van der Waals surface area contributed by atoms with Gasteiger partial charge in [0.2, 0.25) is 0 Å². The molecular weight excluding hydrogens is 266 g/mol. The average molecular weight is 293 g/mol. The minimum Gasteiger partial charge on any atom is -0.381 e. The summed E-state index contributed by atoms with van der Waals surface area (Å²) in [4.78, 5) is 7.36. The molecule has 0 radical (unpaired) electrons. The average Bonchev–Trinajstić information content (AvgIpc) is 3.25. The van der Waals surface area contributed by atoms with E-state index in [1.807, 2.05) is 0 Å². The summed E-state index contributed by atoms with van der Waals surface area (Å²) < 4.78 is 11.5. The topological polar surface area (TPSA) is 46.1 Å². The van der Waals surface area contributed by atoms with Crippen LogP contribution in [-0.2, 0) is 9.47 Å². The highest BCUT2D eigenvalue weighted by molar-refractivity contribution is 5.80. The minimum atomic E-state index is 0.524. The molecule has 118 valence electrons. The fourth-order valence-electron chi connectivity index (χ4n) is 4.50. The molecule has 4 saturated heterocycles. The predicted octanol–water partition coefficient (Wildman–Crippen LogP) is 1.10. The van der Waals surface area contributed by atoms with E-state index in [0.717, 1.165) is 63.6 Å². The third kappa shape index (κ3) is 2.55. The fraction of sp³-hybridized carbons (Fsp3) is 0.938. The molecule has 5 nitrogen and oxygen atoms in total. The highest BCUT2D eigenvalue weighted by atomic mass is 16.5. The molecule has 4 rings (SSSR count). The Morgan fingerprint density at radius 3 is 2.57 bits per heavy atom. The summed E-state index contributed by atoms with van der Waals surface area (Å²) in [6.07, 6.45) is 4.75. The number of aliphatic imine (C=N–C) groups is 1. The van der Waals surface area contributed by atoms with Crippen LogP contribution < -0.4 is 5.32 Å². The summed E-state index contributed by atoms with van der Waals surface area (Å²) >= 11 is 0. The van der Waals surface area contributed by atoms with E-state index in [-0.39, 0.29) is 0 Å². The Hall–Kier alpha value is -0.810. The second kappa shape index (κ2) is 5.76. The molecule has 0 spiro atoms. The van der Waals surface area contributed by atoms with Gasteiger partial charge in [0.25, 0.3) is 0 Å². The molecule has 4 heterocycles. The van der Waals surface area contributed by atoms with Crippen LogP contribution in [0.3, 0.4) is 0 Å². The van der Waals surface area contributed by atoms with Crippen molar-refractivity contribution in [2.24, 2.45) is 22.7 Å². The van der Waals surface area contributed by atoms with Crippen LogP contribution in [0.1, 0.15) is 26.2 Å². The van der Waals surface area contributed by atoms with E-state index in [1.165, 1.54) is 12.8 Å². The van der Waals surface area contributed by atoms with E-state index in [0.29, 0.717) is 18.1 Å². The lowest BCUT2D eigenvalue weighted by atomic mass is 9.82. The van der Waals surface area contributed by atoms with Crippen molar-refractivity contribution >= 4 is 5.96 Å². The van der Waals surface area contributed by atoms with E-state index in [4.69, 9.17) is 14.5 Å². The first-order valence-corrected chi connectivity index (χ1v) is 8.61. The normalized spacial score (nSPS) is 41.9. The number of ether oxygens (including phenoxy) is 2. The van der Waals surface area contributed by atoms with Crippen molar-refractivity contribution in [3.8, 4) is 0 Å². The van der Waals surface area contributed by atoms with E-state index < -0.39 is 0 Å². The van der Waals surface area contributed by atoms with Crippen molar-refractivity contribution in [2.75, 3.05) is 39.4 Å². The molecule has 0 amide bonds. The Balaban J connectivity index is 1.41. The third-order valence-electron chi connectivity index (χ3n) is 5.61. The highest BCUT2D eigenvalue weighted by Gasteiger charge is 2.53. The Kier molecular flexibility index (Phi) is 3.79. The van der Waals surface area contributed by atoms with E-state index in [2.05, 4.69) is 17.1 Å². The van der Waals surface area contributed by atoms with E-state index >= 15 is 0 Å². The van der Waals surface area contributed by atoms with Gasteiger partial charge in [0.1, 0.15) is 0 Å². The summed E-state index contributed by atoms with van der Waals surface area (Å²) in [6, 6.07) is 0. The summed E-state index contributed by atoms with van der Waals surface area (Å²) in [6.45, 7) is 8.03. The van der Waals surface area contributed by atoms with Gasteiger partial charge in [-0.1, -0.05) is 0 Å². The number of nitrogens with zero attached hydrogens (tertiary/aromatic N) is 2. The summed E-state index contributed by atoms with van der Waals surface area (Å²) in [5, 5.41) is 3.48. The largest absolute Gasteiger partial charge is 0.381 e. The number of fused-ring (bicyclic) bond motifs is 5. The molecule has 0 aromatic carbocycles. The molecule has 0 aliphatic carbocycles. The molecule has 4 aliphatic rings. The maximum Gasteiger partial charge on any atom is 0.193 e. The van der Waals surface area contributed by atoms with Gasteiger partial charge in [-0.3, -0.25) is 4.99 Å². The van der Waals surface area contributed by atoms with Crippen molar-refractivity contribution < 1.29 is 9.47 Å². The molecule has 5 atom stereocenters. The van der Waals surface area contributed by atoms with Crippen LogP contribution in [0.25, 0.3) is 0 Å². The highest BCUT2D eigenvalue weighted by Crippen LogP contribution is 2.47. The summed E-state index contributed by atoms with van der Waals surface area (Å²) in [7, 11) is 0. The zero-order valence-corrected chi connectivity index (χ0v) is 13.0. The maximum absolute atomic E-state index is 6.07. The molecular formula is C16H27N3O2. The number of hydrogen-bond donors (Lipinski definition) is 1. The number of hydrogen-bond acceptors (Lipinski definition) is 3. The first-order valence-electron chi connectivity index (χ1n) is 8.61. The first kappa shape index (κ1) is 13.8. The Labute approximate surface area is 127 Å². The maximum atomic E-state index is 6.07. The lowest BCUT2D eigenvalue weighted by Gasteiger charge is -2.23. The Morgan fingerprint density at radius 2 is 1.95 bits per heavy atom. The molecule has 0 saturated carbocycles. The summed E-state index contributed by atoms with van der Waals surface area (Å²) in [5.74, 6) is 3.20. The van der Waals surface area contributed by atoms with Gasteiger partial charge < -0.3 is 19.7 Å². The molecule has 1 N–H and O–H groups in total. The zero-order chi connectivity index (χ0) is 14.2. The van der Waals surface area contributed by atoms with Gasteiger partial charge in [0.15, 0.2) is 5.96 Å². The van der Waals surface area contributed by atoms with Crippen molar-refractivity contribution in [2.45, 2.75) is 38.4 Å². The van der Waals surface area contributed by atoms with Crippen LogP contribution in [0.5, 0.6) is 0 Å². The van der Waals surface area contributed by atoms with Crippen LogP contribution in [-0.4, -0.2) is 62.5 Å². The molecule has 5 unspecified atom stereocenters. The fourth-order valence-corrected chi connectivity index (χ4v) is 4.50. The van der Waals surface area contributed by atoms with Crippen LogP contribution in [0, 0.1) is 17.8 Å². The lowest BCUT2D eigenvalue weighted by molar-refractivity contribution is 0.0767. The number of nitrogens with one attached hydrogen (secondary N) is 1. The van der Waals surface area contributed by atoms with Crippen LogP contribution in [0.4, 0.5) is 0 Å². The van der Waals surface area contributed by atoms with Crippen LogP contribution in [0.2, 0.25) is 0 Å². The summed E-state index contributed by atoms with van der Waals surface area (Å²) in [5.41, 5.74) is 0. The molecule has 4 fully saturated rings. The zero-order valence-electron chi connectivity index (χ0n) is 13.0. The number of likely N-dealkylation sites (tertiary alicyclic amines) is 1. The van der Waals surface area contributed by atoms with Gasteiger partial charge in [-0.05, 0) is 26.2 Å². The van der Waals surface area contributed by atoms with E-state index in [9.17, 15) is 0 Å². The van der Waals surface area contributed by atoms with Gasteiger partial charge in [-0.15, -0.1) is 0 Å². The van der Waals surface area contributed by atoms with Crippen LogP contribution >= 0.6 is 0 Å². The standard InChI is InChI=1S/C16H27N3O2/c1-2-17-16(18-7-11-5-6-20-10-11)19-8-12-13(9-19)15-4-3-14(12)21-15/h11-15H,2-10H2,1H3,(H,17,18). The first-order chi connectivity index (χ1) is 10.3. The SMILES string of the molecule is CCNC(=NCC1CCOC1)N1CC2C3CCC(O3)C2C1. The van der Waals surface area contributed by atoms with Gasteiger partial charge in [0.05, 0.1) is 18.8 Å². The molecule has 0 aromatic rings. The molecule has 5 heteroatoms. The predicted molar refractivity (Wildman–Crippen MR) is 81.4 cm³/mol.